The molecule has 1 aliphatic rings. The minimum Gasteiger partial charge on any atom is -0.486 e. The fourth-order valence-corrected chi connectivity index (χ4v) is 3.22. The third-order valence-electron chi connectivity index (χ3n) is 3.51. The zero-order chi connectivity index (χ0) is 18.7. The number of halogens is 1. The summed E-state index contributed by atoms with van der Waals surface area (Å²) in [7, 11) is 0. The van der Waals surface area contributed by atoms with Gasteiger partial charge in [0.1, 0.15) is 24.3 Å². The van der Waals surface area contributed by atoms with Crippen LogP contribution in [0.2, 0.25) is 5.02 Å². The summed E-state index contributed by atoms with van der Waals surface area (Å²) in [4.78, 5) is 24.5. The van der Waals surface area contributed by atoms with Crippen molar-refractivity contribution in [3.05, 3.63) is 39.7 Å². The normalized spacial score (nSPS) is 13.4. The molecule has 0 unspecified atom stereocenters. The van der Waals surface area contributed by atoms with E-state index in [9.17, 15) is 9.59 Å². The van der Waals surface area contributed by atoms with Gasteiger partial charge in [0.25, 0.3) is 5.91 Å². The maximum Gasteiger partial charge on any atom is 0.339 e. The van der Waals surface area contributed by atoms with Crippen LogP contribution in [0.5, 0.6) is 11.5 Å². The number of hydrogen-bond donors (Lipinski definition) is 1. The molecule has 134 valence electrons. The average Bonchev–Trinajstić information content (AvgIpc) is 3.08. The Morgan fingerprint density at radius 2 is 2.15 bits per heavy atom. The van der Waals surface area contributed by atoms with E-state index in [0.717, 1.165) is 0 Å². The second-order valence-electron chi connectivity index (χ2n) is 5.29. The van der Waals surface area contributed by atoms with Gasteiger partial charge in [-0.3, -0.25) is 4.79 Å². The molecule has 2 aromatic rings. The number of amides is 1. The van der Waals surface area contributed by atoms with Crippen molar-refractivity contribution in [2.24, 2.45) is 0 Å². The van der Waals surface area contributed by atoms with E-state index in [0.29, 0.717) is 35.3 Å². The summed E-state index contributed by atoms with van der Waals surface area (Å²) >= 11 is 7.31. The van der Waals surface area contributed by atoms with Crippen LogP contribution in [0.3, 0.4) is 0 Å². The van der Waals surface area contributed by atoms with Crippen LogP contribution in [-0.2, 0) is 9.53 Å². The van der Waals surface area contributed by atoms with Crippen molar-refractivity contribution < 1.29 is 23.8 Å². The molecule has 7 nitrogen and oxygen atoms in total. The van der Waals surface area contributed by atoms with E-state index in [-0.39, 0.29) is 10.6 Å². The Hall–Kier alpha value is -2.76. The Balaban J connectivity index is 1.68. The Kier molecular flexibility index (Phi) is 5.30. The molecular formula is C17H13ClN2O5S. The highest BCUT2D eigenvalue weighted by atomic mass is 35.5. The number of esters is 1. The molecule has 1 aromatic carbocycles. The molecule has 9 heteroatoms. The lowest BCUT2D eigenvalue weighted by molar-refractivity contribution is -0.123. The fourth-order valence-electron chi connectivity index (χ4n) is 2.22. The lowest BCUT2D eigenvalue weighted by atomic mass is 10.2. The maximum absolute atomic E-state index is 12.3. The highest BCUT2D eigenvalue weighted by molar-refractivity contribution is 7.14. The maximum atomic E-state index is 12.3. The van der Waals surface area contributed by atoms with Crippen LogP contribution in [0.1, 0.15) is 22.8 Å². The number of benzene rings is 1. The first-order chi connectivity index (χ1) is 12.5. The third-order valence-corrected chi connectivity index (χ3v) is 4.62. The van der Waals surface area contributed by atoms with Gasteiger partial charge in [0, 0.05) is 0 Å². The monoisotopic (exact) mass is 392 g/mol. The summed E-state index contributed by atoms with van der Waals surface area (Å²) in [6, 6.07) is 6.42. The number of ether oxygens (including phenoxy) is 3. The van der Waals surface area contributed by atoms with Crippen molar-refractivity contribution in [2.45, 2.75) is 13.0 Å². The highest BCUT2D eigenvalue weighted by Crippen LogP contribution is 2.38. The molecule has 26 heavy (non-hydrogen) atoms. The number of carbonyl (C=O) groups excluding carboxylic acids is 2. The predicted molar refractivity (Wildman–Crippen MR) is 95.0 cm³/mol. The zero-order valence-electron chi connectivity index (χ0n) is 13.6. The minimum absolute atomic E-state index is 0.146. The molecule has 0 bridgehead atoms. The molecule has 0 saturated carbocycles. The first-order valence-electron chi connectivity index (χ1n) is 7.58. The number of rotatable bonds is 4. The number of nitriles is 1. The van der Waals surface area contributed by atoms with Crippen LogP contribution in [0.15, 0.2) is 23.6 Å². The van der Waals surface area contributed by atoms with Gasteiger partial charge in [0.15, 0.2) is 17.6 Å². The molecule has 1 N–H and O–H groups in total. The molecule has 1 amide bonds. The van der Waals surface area contributed by atoms with Gasteiger partial charge >= 0.3 is 5.97 Å². The first kappa shape index (κ1) is 18.0. The van der Waals surface area contributed by atoms with Crippen LogP contribution >= 0.6 is 22.9 Å². The summed E-state index contributed by atoms with van der Waals surface area (Å²) in [5.74, 6) is -0.536. The minimum atomic E-state index is -1.07. The van der Waals surface area contributed by atoms with Gasteiger partial charge < -0.3 is 19.5 Å². The Bertz CT molecular complexity index is 905. The second-order valence-corrected chi connectivity index (χ2v) is 6.62. The van der Waals surface area contributed by atoms with Crippen LogP contribution in [0.4, 0.5) is 5.00 Å². The van der Waals surface area contributed by atoms with E-state index >= 15 is 0 Å². The summed E-state index contributed by atoms with van der Waals surface area (Å²) in [5.41, 5.74) is 0.494. The molecule has 0 aliphatic carbocycles. The lowest BCUT2D eigenvalue weighted by Crippen LogP contribution is -2.30. The fraction of sp³-hybridized carbons (Fsp3) is 0.235. The van der Waals surface area contributed by atoms with Crippen LogP contribution in [0, 0.1) is 11.3 Å². The number of thiophene rings is 1. The van der Waals surface area contributed by atoms with Crippen molar-refractivity contribution in [2.75, 3.05) is 18.5 Å². The largest absolute Gasteiger partial charge is 0.486 e. The van der Waals surface area contributed by atoms with Gasteiger partial charge in [-0.1, -0.05) is 11.6 Å². The summed E-state index contributed by atoms with van der Waals surface area (Å²) in [6.07, 6.45) is -1.07. The number of anilines is 1. The highest BCUT2D eigenvalue weighted by Gasteiger charge is 2.24. The third kappa shape index (κ3) is 3.74. The van der Waals surface area contributed by atoms with Crippen molar-refractivity contribution in [3.63, 3.8) is 0 Å². The molecule has 3 rings (SSSR count). The molecule has 0 fully saturated rings. The Morgan fingerprint density at radius 3 is 2.92 bits per heavy atom. The van der Waals surface area contributed by atoms with E-state index in [1.807, 2.05) is 6.07 Å². The van der Waals surface area contributed by atoms with Crippen molar-refractivity contribution in [1.82, 2.24) is 0 Å². The zero-order valence-corrected chi connectivity index (χ0v) is 15.1. The van der Waals surface area contributed by atoms with Gasteiger partial charge in [-0.05, 0) is 30.5 Å². The van der Waals surface area contributed by atoms with Gasteiger partial charge in [-0.2, -0.15) is 5.26 Å². The number of carbonyl (C=O) groups is 2. The average molecular weight is 393 g/mol. The summed E-state index contributed by atoms with van der Waals surface area (Å²) in [6.45, 7) is 2.16. The van der Waals surface area contributed by atoms with Crippen molar-refractivity contribution >= 4 is 39.8 Å². The Labute approximate surface area is 158 Å². The van der Waals surface area contributed by atoms with Crippen LogP contribution in [0.25, 0.3) is 0 Å². The molecule has 0 spiro atoms. The Morgan fingerprint density at radius 1 is 1.38 bits per heavy atom. The smallest absolute Gasteiger partial charge is 0.339 e. The summed E-state index contributed by atoms with van der Waals surface area (Å²) < 4.78 is 16.0. The first-order valence-corrected chi connectivity index (χ1v) is 8.84. The van der Waals surface area contributed by atoms with Crippen molar-refractivity contribution in [3.8, 4) is 17.6 Å². The van der Waals surface area contributed by atoms with Crippen LogP contribution in [-0.4, -0.2) is 31.2 Å². The topological polar surface area (TPSA) is 97.7 Å². The molecule has 1 aromatic heterocycles. The van der Waals surface area contributed by atoms with E-state index in [4.69, 9.17) is 31.1 Å². The van der Waals surface area contributed by atoms with E-state index in [2.05, 4.69) is 5.32 Å². The molecule has 1 atom stereocenters. The van der Waals surface area contributed by atoms with E-state index in [1.54, 1.807) is 11.4 Å². The van der Waals surface area contributed by atoms with Crippen molar-refractivity contribution in [1.29, 1.82) is 5.26 Å². The lowest BCUT2D eigenvalue weighted by Gasteiger charge is -2.20. The number of nitrogens with one attached hydrogen (secondary N) is 1. The van der Waals surface area contributed by atoms with Gasteiger partial charge in [-0.15, -0.1) is 11.3 Å². The van der Waals surface area contributed by atoms with E-state index < -0.39 is 18.0 Å². The predicted octanol–water partition coefficient (Wildman–Crippen LogP) is 3.23. The van der Waals surface area contributed by atoms with Gasteiger partial charge in [-0.25, -0.2) is 4.79 Å². The number of nitrogens with zero attached hydrogens (tertiary/aromatic N) is 1. The number of hydrogen-bond acceptors (Lipinski definition) is 7. The second kappa shape index (κ2) is 7.64. The van der Waals surface area contributed by atoms with Crippen LogP contribution < -0.4 is 14.8 Å². The molecule has 0 saturated heterocycles. The molecular weight excluding hydrogens is 380 g/mol. The SMILES string of the molecule is C[C@H](OC(=O)c1cc(Cl)c2c(c1)OCCO2)C(=O)Nc1sccc1C#N. The molecule has 2 heterocycles. The van der Waals surface area contributed by atoms with Gasteiger partial charge in [0.05, 0.1) is 16.1 Å². The quantitative estimate of drug-likeness (QED) is 0.802. The number of fused-ring (bicyclic) bond motifs is 1. The molecule has 1 aliphatic heterocycles. The summed E-state index contributed by atoms with van der Waals surface area (Å²) in [5, 5.41) is 13.8. The van der Waals surface area contributed by atoms with E-state index in [1.165, 1.54) is 30.4 Å². The standard InChI is InChI=1S/C17H13ClN2O5S/c1-9(15(21)20-16-10(8-19)2-5-26-16)25-17(22)11-6-12(18)14-13(7-11)23-3-4-24-14/h2,5-7,9H,3-4H2,1H3,(H,20,21)/t9-/m0/s1. The van der Waals surface area contributed by atoms with Gasteiger partial charge in [0.2, 0.25) is 0 Å². The molecule has 0 radical (unpaired) electrons.